The number of sulfonamides is 1. The molecule has 1 fully saturated rings. The lowest BCUT2D eigenvalue weighted by Crippen LogP contribution is -2.51. The summed E-state index contributed by atoms with van der Waals surface area (Å²) in [5.74, 6) is 0. The zero-order chi connectivity index (χ0) is 12.5. The summed E-state index contributed by atoms with van der Waals surface area (Å²) in [6, 6.07) is 6.47. The highest BCUT2D eigenvalue weighted by atomic mass is 35.5. The number of piperazine rings is 1. The van der Waals surface area contributed by atoms with E-state index in [0.29, 0.717) is 29.6 Å². The molecule has 0 amide bonds. The predicted molar refractivity (Wildman–Crippen MR) is 67.7 cm³/mol. The number of hydrogen-bond acceptors (Lipinski definition) is 3. The van der Waals surface area contributed by atoms with Crippen LogP contribution in [-0.2, 0) is 10.0 Å². The summed E-state index contributed by atoms with van der Waals surface area (Å²) in [5.41, 5.74) is 0. The Morgan fingerprint density at radius 3 is 2.59 bits per heavy atom. The van der Waals surface area contributed by atoms with Crippen LogP contribution in [0.25, 0.3) is 0 Å². The quantitative estimate of drug-likeness (QED) is 0.885. The van der Waals surface area contributed by atoms with E-state index in [1.807, 2.05) is 6.92 Å². The van der Waals surface area contributed by atoms with Crippen molar-refractivity contribution in [2.24, 2.45) is 0 Å². The van der Waals surface area contributed by atoms with E-state index in [4.69, 9.17) is 11.6 Å². The lowest BCUT2D eigenvalue weighted by Gasteiger charge is -2.30. The average Bonchev–Trinajstić information content (AvgIpc) is 2.29. The molecular weight excluding hydrogens is 260 g/mol. The van der Waals surface area contributed by atoms with Gasteiger partial charge in [-0.3, -0.25) is 0 Å². The van der Waals surface area contributed by atoms with E-state index in [2.05, 4.69) is 5.32 Å². The highest BCUT2D eigenvalue weighted by Gasteiger charge is 2.28. The molecule has 0 aliphatic carbocycles. The molecule has 0 saturated carbocycles. The summed E-state index contributed by atoms with van der Waals surface area (Å²) in [7, 11) is -3.38. The average molecular weight is 275 g/mol. The molecule has 0 bridgehead atoms. The van der Waals surface area contributed by atoms with Gasteiger partial charge in [0.1, 0.15) is 0 Å². The first-order chi connectivity index (χ1) is 8.00. The first-order valence-corrected chi connectivity index (χ1v) is 7.31. The maximum absolute atomic E-state index is 12.3. The molecule has 1 aromatic carbocycles. The molecular formula is C11H15ClN2O2S. The molecule has 0 aromatic heterocycles. The molecule has 94 valence electrons. The Kier molecular flexibility index (Phi) is 3.73. The summed E-state index contributed by atoms with van der Waals surface area (Å²) < 4.78 is 26.1. The molecule has 1 aromatic rings. The van der Waals surface area contributed by atoms with Crippen LogP contribution in [0.2, 0.25) is 5.02 Å². The summed E-state index contributed by atoms with van der Waals surface area (Å²) in [6.45, 7) is 3.68. The molecule has 0 spiro atoms. The van der Waals surface area contributed by atoms with Gasteiger partial charge in [-0.1, -0.05) is 11.6 Å². The molecule has 1 saturated heterocycles. The van der Waals surface area contributed by atoms with Gasteiger partial charge < -0.3 is 5.32 Å². The van der Waals surface area contributed by atoms with Crippen molar-refractivity contribution in [3.05, 3.63) is 29.3 Å². The Bertz CT molecular complexity index is 487. The first-order valence-electron chi connectivity index (χ1n) is 5.49. The Balaban J connectivity index is 2.26. The minimum Gasteiger partial charge on any atom is -0.312 e. The second kappa shape index (κ2) is 4.94. The number of nitrogens with one attached hydrogen (secondary N) is 1. The largest absolute Gasteiger partial charge is 0.312 e. The van der Waals surface area contributed by atoms with E-state index >= 15 is 0 Å². The third-order valence-corrected chi connectivity index (χ3v) is 4.91. The summed E-state index contributed by atoms with van der Waals surface area (Å²) in [4.78, 5) is 0.302. The zero-order valence-electron chi connectivity index (χ0n) is 9.56. The van der Waals surface area contributed by atoms with Crippen LogP contribution in [0.1, 0.15) is 6.92 Å². The van der Waals surface area contributed by atoms with Gasteiger partial charge in [-0.25, -0.2) is 8.42 Å². The lowest BCUT2D eigenvalue weighted by atomic mass is 10.3. The van der Waals surface area contributed by atoms with Crippen molar-refractivity contribution in [3.8, 4) is 0 Å². The van der Waals surface area contributed by atoms with E-state index in [-0.39, 0.29) is 6.04 Å². The van der Waals surface area contributed by atoms with Crippen molar-refractivity contribution >= 4 is 21.6 Å². The maximum atomic E-state index is 12.3. The second-order valence-corrected chi connectivity index (χ2v) is 6.55. The van der Waals surface area contributed by atoms with Crippen LogP contribution in [0, 0.1) is 0 Å². The molecule has 0 unspecified atom stereocenters. The van der Waals surface area contributed by atoms with Crippen molar-refractivity contribution in [2.75, 3.05) is 19.6 Å². The maximum Gasteiger partial charge on any atom is 0.243 e. The van der Waals surface area contributed by atoms with Crippen LogP contribution in [-0.4, -0.2) is 38.4 Å². The molecule has 1 aliphatic heterocycles. The van der Waals surface area contributed by atoms with Crippen LogP contribution < -0.4 is 5.32 Å². The van der Waals surface area contributed by atoms with Crippen molar-refractivity contribution in [1.29, 1.82) is 0 Å². The number of nitrogens with zero attached hydrogens (tertiary/aromatic N) is 1. The summed E-state index contributed by atoms with van der Waals surface area (Å²) >= 11 is 5.75. The molecule has 2 rings (SSSR count). The fraction of sp³-hybridized carbons (Fsp3) is 0.455. The summed E-state index contributed by atoms with van der Waals surface area (Å²) in [6.07, 6.45) is 0. The van der Waals surface area contributed by atoms with Crippen molar-refractivity contribution in [3.63, 3.8) is 0 Å². The topological polar surface area (TPSA) is 49.4 Å². The fourth-order valence-corrected chi connectivity index (χ4v) is 3.53. The smallest absolute Gasteiger partial charge is 0.243 e. The van der Waals surface area contributed by atoms with Crippen LogP contribution >= 0.6 is 11.6 Å². The van der Waals surface area contributed by atoms with Gasteiger partial charge in [-0.2, -0.15) is 4.31 Å². The first kappa shape index (κ1) is 12.8. The molecule has 17 heavy (non-hydrogen) atoms. The van der Waals surface area contributed by atoms with Gasteiger partial charge in [-0.05, 0) is 31.2 Å². The van der Waals surface area contributed by atoms with Crippen molar-refractivity contribution in [1.82, 2.24) is 9.62 Å². The molecule has 0 radical (unpaired) electrons. The number of halogens is 1. The predicted octanol–water partition coefficient (Wildman–Crippen LogP) is 1.32. The van der Waals surface area contributed by atoms with Gasteiger partial charge >= 0.3 is 0 Å². The highest BCUT2D eigenvalue weighted by molar-refractivity contribution is 7.89. The van der Waals surface area contributed by atoms with Gasteiger partial charge in [0.2, 0.25) is 10.0 Å². The Labute approximate surface area is 107 Å². The van der Waals surface area contributed by atoms with Crippen LogP contribution in [0.15, 0.2) is 29.2 Å². The van der Waals surface area contributed by atoms with Gasteiger partial charge in [0.25, 0.3) is 0 Å². The number of hydrogen-bond donors (Lipinski definition) is 1. The zero-order valence-corrected chi connectivity index (χ0v) is 11.1. The van der Waals surface area contributed by atoms with E-state index in [1.54, 1.807) is 24.3 Å². The lowest BCUT2D eigenvalue weighted by molar-refractivity contribution is 0.310. The monoisotopic (exact) mass is 274 g/mol. The Hall–Kier alpha value is -0.620. The molecule has 1 N–H and O–H groups in total. The summed E-state index contributed by atoms with van der Waals surface area (Å²) in [5, 5.41) is 3.76. The van der Waals surface area contributed by atoms with Crippen molar-refractivity contribution < 1.29 is 8.42 Å². The second-order valence-electron chi connectivity index (χ2n) is 4.17. The molecule has 1 atom stereocenters. The SMILES string of the molecule is C[C@@H]1CN(S(=O)(=O)c2ccc(Cl)cc2)CCN1. The van der Waals surface area contributed by atoms with Gasteiger partial charge in [-0.15, -0.1) is 0 Å². The third-order valence-electron chi connectivity index (χ3n) is 2.78. The molecule has 6 heteroatoms. The number of rotatable bonds is 2. The molecule has 4 nitrogen and oxygen atoms in total. The van der Waals surface area contributed by atoms with E-state index in [9.17, 15) is 8.42 Å². The standard InChI is InChI=1S/C11H15ClN2O2S/c1-9-8-14(7-6-13-9)17(15,16)11-4-2-10(12)3-5-11/h2-5,9,13H,6-8H2,1H3/t9-/m1/s1. The van der Waals surface area contributed by atoms with Crippen LogP contribution in [0.5, 0.6) is 0 Å². The molecule has 1 heterocycles. The van der Waals surface area contributed by atoms with Crippen LogP contribution in [0.4, 0.5) is 0 Å². The Morgan fingerprint density at radius 2 is 2.00 bits per heavy atom. The minimum absolute atomic E-state index is 0.186. The van der Waals surface area contributed by atoms with Crippen LogP contribution in [0.3, 0.4) is 0 Å². The van der Waals surface area contributed by atoms with Gasteiger partial charge in [0.05, 0.1) is 4.90 Å². The van der Waals surface area contributed by atoms with Crippen molar-refractivity contribution in [2.45, 2.75) is 17.9 Å². The highest BCUT2D eigenvalue weighted by Crippen LogP contribution is 2.19. The van der Waals surface area contributed by atoms with E-state index < -0.39 is 10.0 Å². The minimum atomic E-state index is -3.38. The third kappa shape index (κ3) is 2.80. The fourth-order valence-electron chi connectivity index (χ4n) is 1.87. The van der Waals surface area contributed by atoms with Gasteiger partial charge in [0, 0.05) is 30.7 Å². The normalized spacial score (nSPS) is 22.6. The number of benzene rings is 1. The molecule has 1 aliphatic rings. The van der Waals surface area contributed by atoms with E-state index in [1.165, 1.54) is 4.31 Å². The van der Waals surface area contributed by atoms with Gasteiger partial charge in [0.15, 0.2) is 0 Å². The van der Waals surface area contributed by atoms with E-state index in [0.717, 1.165) is 0 Å². The Morgan fingerprint density at radius 1 is 1.35 bits per heavy atom.